The van der Waals surface area contributed by atoms with Crippen LogP contribution in [0.5, 0.6) is 0 Å². The third kappa shape index (κ3) is 59.1. The van der Waals surface area contributed by atoms with Crippen molar-refractivity contribution in [1.82, 2.24) is 0 Å². The van der Waals surface area contributed by atoms with Crippen molar-refractivity contribution in [3.63, 3.8) is 0 Å². The van der Waals surface area contributed by atoms with Gasteiger partial charge in [-0.1, -0.05) is 272 Å². The van der Waals surface area contributed by atoms with Crippen LogP contribution in [0.25, 0.3) is 0 Å². The highest BCUT2D eigenvalue weighted by Gasteiger charge is 2.19. The quantitative estimate of drug-likeness (QED) is 0.0261. The van der Waals surface area contributed by atoms with E-state index in [0.29, 0.717) is 19.3 Å². The first-order valence-electron chi connectivity index (χ1n) is 30.7. The first kappa shape index (κ1) is 69.3. The summed E-state index contributed by atoms with van der Waals surface area (Å²) in [5.41, 5.74) is 0. The molecule has 0 bridgehead atoms. The number of rotatable bonds is 55. The van der Waals surface area contributed by atoms with E-state index in [1.807, 2.05) is 0 Å². The van der Waals surface area contributed by atoms with Crippen LogP contribution < -0.4 is 0 Å². The van der Waals surface area contributed by atoms with Gasteiger partial charge in [-0.05, 0) is 96.3 Å². The smallest absolute Gasteiger partial charge is 0.306 e. The first-order valence-corrected chi connectivity index (χ1v) is 30.7. The van der Waals surface area contributed by atoms with E-state index in [9.17, 15) is 14.4 Å². The zero-order valence-electron chi connectivity index (χ0n) is 47.9. The lowest BCUT2D eigenvalue weighted by atomic mass is 10.0. The van der Waals surface area contributed by atoms with Gasteiger partial charge in [-0.25, -0.2) is 0 Å². The van der Waals surface area contributed by atoms with Gasteiger partial charge < -0.3 is 14.2 Å². The largest absolute Gasteiger partial charge is 0.462 e. The Balaban J connectivity index is 4.41. The van der Waals surface area contributed by atoms with Gasteiger partial charge in [0.15, 0.2) is 6.10 Å². The van der Waals surface area contributed by atoms with Crippen molar-refractivity contribution in [3.05, 3.63) is 97.2 Å². The van der Waals surface area contributed by atoms with E-state index < -0.39 is 6.10 Å². The van der Waals surface area contributed by atoms with Gasteiger partial charge in [0.05, 0.1) is 0 Å². The molecule has 0 fully saturated rings. The van der Waals surface area contributed by atoms with Crippen LogP contribution >= 0.6 is 0 Å². The zero-order chi connectivity index (χ0) is 52.9. The second kappa shape index (κ2) is 60.9. The maximum absolute atomic E-state index is 12.9. The number of ether oxygens (including phenoxy) is 3. The predicted molar refractivity (Wildman–Crippen MR) is 316 cm³/mol. The molecule has 0 aliphatic heterocycles. The maximum Gasteiger partial charge on any atom is 0.306 e. The minimum absolute atomic E-state index is 0.0935. The van der Waals surface area contributed by atoms with Crippen LogP contribution in [0.3, 0.4) is 0 Å². The van der Waals surface area contributed by atoms with E-state index >= 15 is 0 Å². The van der Waals surface area contributed by atoms with Crippen LogP contribution in [-0.4, -0.2) is 37.2 Å². The van der Waals surface area contributed by atoms with Crippen LogP contribution in [0.1, 0.15) is 290 Å². The number of esters is 3. The van der Waals surface area contributed by atoms with Crippen molar-refractivity contribution in [3.8, 4) is 0 Å². The van der Waals surface area contributed by atoms with Gasteiger partial charge in [0.2, 0.25) is 0 Å². The molecule has 0 aliphatic carbocycles. The molecule has 6 heteroatoms. The summed E-state index contributed by atoms with van der Waals surface area (Å²) >= 11 is 0. The fourth-order valence-electron chi connectivity index (χ4n) is 8.54. The van der Waals surface area contributed by atoms with Crippen molar-refractivity contribution >= 4 is 17.9 Å². The van der Waals surface area contributed by atoms with Crippen molar-refractivity contribution in [1.29, 1.82) is 0 Å². The summed E-state index contributed by atoms with van der Waals surface area (Å²) < 4.78 is 16.9. The van der Waals surface area contributed by atoms with Crippen molar-refractivity contribution in [2.45, 2.75) is 297 Å². The van der Waals surface area contributed by atoms with Gasteiger partial charge >= 0.3 is 17.9 Å². The van der Waals surface area contributed by atoms with Crippen molar-refractivity contribution in [2.24, 2.45) is 0 Å². The Hall–Kier alpha value is -3.67. The molecule has 1 atom stereocenters. The molecule has 418 valence electrons. The van der Waals surface area contributed by atoms with Gasteiger partial charge in [-0.2, -0.15) is 0 Å². The van der Waals surface area contributed by atoms with E-state index in [-0.39, 0.29) is 31.1 Å². The Morgan fingerprint density at radius 2 is 0.534 bits per heavy atom. The minimum atomic E-state index is -0.798. The molecular weight excluding hydrogens is 901 g/mol. The molecule has 0 aromatic heterocycles. The van der Waals surface area contributed by atoms with Crippen LogP contribution in [0.2, 0.25) is 0 Å². The Morgan fingerprint density at radius 3 is 0.863 bits per heavy atom. The van der Waals surface area contributed by atoms with Crippen molar-refractivity contribution < 1.29 is 28.6 Å². The van der Waals surface area contributed by atoms with E-state index in [1.54, 1.807) is 0 Å². The van der Waals surface area contributed by atoms with Crippen LogP contribution in [0, 0.1) is 0 Å². The van der Waals surface area contributed by atoms with Crippen LogP contribution in [0.15, 0.2) is 97.2 Å². The normalized spacial score (nSPS) is 12.8. The number of hydrogen-bond donors (Lipinski definition) is 0. The summed E-state index contributed by atoms with van der Waals surface area (Å²) in [6.07, 6.45) is 81.2. The minimum Gasteiger partial charge on any atom is -0.462 e. The topological polar surface area (TPSA) is 78.9 Å². The molecule has 0 spiro atoms. The molecule has 0 aromatic carbocycles. The van der Waals surface area contributed by atoms with E-state index in [2.05, 4.69) is 118 Å². The number of carbonyl (C=O) groups excluding carboxylic acids is 3. The van der Waals surface area contributed by atoms with Gasteiger partial charge in [-0.3, -0.25) is 14.4 Å². The van der Waals surface area contributed by atoms with Crippen LogP contribution in [0.4, 0.5) is 0 Å². The van der Waals surface area contributed by atoms with Crippen LogP contribution in [-0.2, 0) is 28.6 Å². The summed E-state index contributed by atoms with van der Waals surface area (Å²) in [4.78, 5) is 38.3. The lowest BCUT2D eigenvalue weighted by Crippen LogP contribution is -2.30. The molecule has 73 heavy (non-hydrogen) atoms. The van der Waals surface area contributed by atoms with E-state index in [0.717, 1.165) is 116 Å². The average Bonchev–Trinajstić information content (AvgIpc) is 3.39. The Bertz CT molecular complexity index is 1440. The SMILES string of the molecule is CC/C=C\C/C=C\C/C=C\C/C=C\CCCCCCCCCCC(=O)OCC(COC(=O)CCCC/C=C\C/C=C\C/C=C\C/C=C\CC)OC(=O)CCCCCCCCCCCCCCCCCCCCC. The first-order chi connectivity index (χ1) is 36.0. The molecule has 0 aliphatic rings. The molecule has 0 amide bonds. The molecule has 0 saturated heterocycles. The van der Waals surface area contributed by atoms with Crippen molar-refractivity contribution in [2.75, 3.05) is 13.2 Å². The van der Waals surface area contributed by atoms with Gasteiger partial charge in [-0.15, -0.1) is 0 Å². The van der Waals surface area contributed by atoms with E-state index in [1.165, 1.54) is 135 Å². The third-order valence-electron chi connectivity index (χ3n) is 13.1. The molecule has 0 N–H and O–H groups in total. The maximum atomic E-state index is 12.9. The average molecular weight is 1020 g/mol. The van der Waals surface area contributed by atoms with Gasteiger partial charge in [0.25, 0.3) is 0 Å². The molecular formula is C67H114O6. The second-order valence-electron chi connectivity index (χ2n) is 20.2. The Kier molecular flexibility index (Phi) is 57.8. The summed E-state index contributed by atoms with van der Waals surface area (Å²) in [6, 6.07) is 0. The summed E-state index contributed by atoms with van der Waals surface area (Å²) in [5.74, 6) is -0.934. The molecule has 0 saturated carbocycles. The second-order valence-corrected chi connectivity index (χ2v) is 20.2. The number of hydrogen-bond acceptors (Lipinski definition) is 6. The molecule has 0 radical (unpaired) electrons. The fourth-order valence-corrected chi connectivity index (χ4v) is 8.54. The van der Waals surface area contributed by atoms with Gasteiger partial charge in [0, 0.05) is 19.3 Å². The number of allylic oxidation sites excluding steroid dienone is 16. The number of carbonyl (C=O) groups is 3. The zero-order valence-corrected chi connectivity index (χ0v) is 47.9. The number of unbranched alkanes of at least 4 members (excludes halogenated alkanes) is 28. The highest BCUT2D eigenvalue weighted by atomic mass is 16.6. The lowest BCUT2D eigenvalue weighted by Gasteiger charge is -2.18. The summed E-state index contributed by atoms with van der Waals surface area (Å²) in [5, 5.41) is 0. The molecule has 0 rings (SSSR count). The lowest BCUT2D eigenvalue weighted by molar-refractivity contribution is -0.167. The predicted octanol–water partition coefficient (Wildman–Crippen LogP) is 20.9. The fraction of sp³-hybridized carbons (Fsp3) is 0.716. The van der Waals surface area contributed by atoms with Gasteiger partial charge in [0.1, 0.15) is 13.2 Å². The highest BCUT2D eigenvalue weighted by Crippen LogP contribution is 2.16. The molecule has 0 aromatic rings. The standard InChI is InChI=1S/C67H114O6/c1-4-7-10-13-16-19-22-25-28-30-32-33-35-36-39-42-45-48-51-54-57-60-66(69)72-63-64(62-71-65(68)59-56-53-50-47-44-41-38-27-24-21-18-15-12-9-6-3)73-67(70)61-58-55-52-49-46-43-40-37-34-31-29-26-23-20-17-14-11-8-5-2/h7,9-10,12,16,18-19,21,25,27-28,32-33,38,44,47,64H,4-6,8,11,13-15,17,20,22-24,26,29-31,34-37,39-43,45-46,48-63H2,1-3H3/b10-7-,12-9-,19-16-,21-18-,28-25-,33-32-,38-27-,47-44-. The molecule has 6 nitrogen and oxygen atoms in total. The molecule has 1 unspecified atom stereocenters. The highest BCUT2D eigenvalue weighted by molar-refractivity contribution is 5.71. The summed E-state index contributed by atoms with van der Waals surface area (Å²) in [6.45, 7) is 6.40. The summed E-state index contributed by atoms with van der Waals surface area (Å²) in [7, 11) is 0. The Morgan fingerprint density at radius 1 is 0.288 bits per heavy atom. The van der Waals surface area contributed by atoms with E-state index in [4.69, 9.17) is 14.2 Å². The third-order valence-corrected chi connectivity index (χ3v) is 13.1. The monoisotopic (exact) mass is 1010 g/mol. The molecule has 0 heterocycles. The Labute approximate surface area is 451 Å².